The van der Waals surface area contributed by atoms with Gasteiger partial charge in [-0.2, -0.15) is 0 Å². The first-order valence-electron chi connectivity index (χ1n) is 20.5. The summed E-state index contributed by atoms with van der Waals surface area (Å²) in [6, 6.07) is 1.26. The number of aromatic amines is 1. The highest BCUT2D eigenvalue weighted by Gasteiger charge is 2.26. The van der Waals surface area contributed by atoms with Crippen LogP contribution in [-0.2, 0) is 51.1 Å². The molecule has 2 aromatic rings. The Hall–Kier alpha value is -6.09. The number of imidazole rings is 1. The molecule has 1 aliphatic heterocycles. The number of aromatic nitrogens is 2. The smallest absolute Gasteiger partial charge is 0.330 e. The fourth-order valence-corrected chi connectivity index (χ4v) is 4.49. The fourth-order valence-electron chi connectivity index (χ4n) is 4.49. The number of H-pyrrole nitrogens is 1. The predicted octanol–water partition coefficient (Wildman–Crippen LogP) is -2.05. The second-order valence-electron chi connectivity index (χ2n) is 15.0. The molecule has 1 fully saturated rings. The number of nitrogens with one attached hydrogen (secondary N) is 2. The number of carbonyl (C=O) groups excluding carboxylic acids is 3. The number of aliphatic imine (C=N–C) groups is 1. The molecule has 1 aromatic carbocycles. The first-order chi connectivity index (χ1) is 30.2. The van der Waals surface area contributed by atoms with Gasteiger partial charge < -0.3 is 86.1 Å². The van der Waals surface area contributed by atoms with E-state index in [0.717, 1.165) is 37.1 Å². The number of hydrogen-bond donors (Lipinski definition) is 14. The molecule has 1 aromatic heterocycles. The van der Waals surface area contributed by atoms with Crippen molar-refractivity contribution >= 4 is 47.7 Å². The van der Waals surface area contributed by atoms with Gasteiger partial charge >= 0.3 is 41.8 Å². The normalized spacial score (nSPS) is 15.8. The van der Waals surface area contributed by atoms with Crippen LogP contribution in [0.1, 0.15) is 78.0 Å². The van der Waals surface area contributed by atoms with Gasteiger partial charge in [0.1, 0.15) is 48.0 Å². The minimum Gasteiger partial charge on any atom is -0.480 e. The molecule has 0 amide bonds. The van der Waals surface area contributed by atoms with Crippen molar-refractivity contribution in [2.45, 2.75) is 122 Å². The molecule has 22 N–H and O–H groups in total. The lowest BCUT2D eigenvalue weighted by Crippen LogP contribution is -2.42. The van der Waals surface area contributed by atoms with Gasteiger partial charge in [0.25, 0.3) is 0 Å². The van der Waals surface area contributed by atoms with Crippen LogP contribution in [0.25, 0.3) is 0 Å². The van der Waals surface area contributed by atoms with Crippen molar-refractivity contribution in [1.82, 2.24) is 15.3 Å². The number of guanidine groups is 1. The van der Waals surface area contributed by atoms with E-state index in [1.54, 1.807) is 44.3 Å². The number of carboxylic acids is 4. The summed E-state index contributed by atoms with van der Waals surface area (Å²) < 4.78 is 9.85. The van der Waals surface area contributed by atoms with Gasteiger partial charge in [0.2, 0.25) is 0 Å². The number of nitrogens with two attached hydrogens (primary N) is 8. The molecular weight excluding hydrogens is 857 g/mol. The number of carbonyl (C=O) groups is 7. The zero-order valence-corrected chi connectivity index (χ0v) is 37.5. The largest absolute Gasteiger partial charge is 0.480 e. The zero-order valence-electron chi connectivity index (χ0n) is 37.5. The van der Waals surface area contributed by atoms with E-state index in [9.17, 15) is 33.6 Å². The molecular formula is C40H70N12O13. The summed E-state index contributed by atoms with van der Waals surface area (Å²) in [7, 11) is 0. The number of nitrogens with zero attached hydrogens (tertiary/aromatic N) is 2. The molecule has 0 aliphatic carbocycles. The maximum absolute atomic E-state index is 11.9. The van der Waals surface area contributed by atoms with Crippen LogP contribution < -0.4 is 55.9 Å². The van der Waals surface area contributed by atoms with Crippen molar-refractivity contribution in [3.63, 3.8) is 0 Å². The Morgan fingerprint density at radius 2 is 1.37 bits per heavy atom. The Morgan fingerprint density at radius 3 is 1.75 bits per heavy atom. The van der Waals surface area contributed by atoms with Crippen LogP contribution in [0, 0.1) is 11.8 Å². The van der Waals surface area contributed by atoms with Gasteiger partial charge in [-0.25, -0.2) is 19.4 Å². The lowest BCUT2D eigenvalue weighted by Gasteiger charge is -2.17. The van der Waals surface area contributed by atoms with Gasteiger partial charge in [-0.3, -0.25) is 24.2 Å². The molecule has 1 aliphatic rings. The van der Waals surface area contributed by atoms with E-state index in [1.807, 2.05) is 13.8 Å². The molecule has 25 nitrogen and oxygen atoms in total. The Kier molecular flexibility index (Phi) is 31.4. The van der Waals surface area contributed by atoms with E-state index < -0.39 is 78.0 Å². The maximum atomic E-state index is 11.9. The molecule has 3 rings (SSSR count). The second kappa shape index (κ2) is 33.4. The fraction of sp³-hybridized carbons (Fsp3) is 0.575. The maximum Gasteiger partial charge on any atom is 0.330 e. The van der Waals surface area contributed by atoms with Crippen molar-refractivity contribution in [2.24, 2.45) is 62.7 Å². The number of hydrogen-bond acceptors (Lipinski definition) is 18. The molecule has 0 radical (unpaired) electrons. The summed E-state index contributed by atoms with van der Waals surface area (Å²) in [6.07, 6.45) is 6.93. The van der Waals surface area contributed by atoms with Gasteiger partial charge in [-0.05, 0) is 75.1 Å². The van der Waals surface area contributed by atoms with Gasteiger partial charge in [-0.15, -0.1) is 0 Å². The molecule has 25 heteroatoms. The van der Waals surface area contributed by atoms with Gasteiger partial charge in [-0.1, -0.05) is 46.2 Å². The minimum absolute atomic E-state index is 0.0177. The van der Waals surface area contributed by atoms with E-state index in [2.05, 4.69) is 25.0 Å². The summed E-state index contributed by atoms with van der Waals surface area (Å²) in [5.41, 5.74) is 44.3. The number of carboxylic acid groups (broad SMARTS) is 4. The van der Waals surface area contributed by atoms with Crippen LogP contribution in [0.2, 0.25) is 0 Å². The summed E-state index contributed by atoms with van der Waals surface area (Å²) in [4.78, 5) is 86.0. The van der Waals surface area contributed by atoms with Crippen LogP contribution in [0.3, 0.4) is 0 Å². The average molecular weight is 927 g/mol. The number of aliphatic carboxylic acids is 4. The average Bonchev–Trinajstić information content (AvgIpc) is 3.99. The van der Waals surface area contributed by atoms with Crippen molar-refractivity contribution in [3.05, 3.63) is 48.0 Å². The molecule has 2 heterocycles. The van der Waals surface area contributed by atoms with Crippen LogP contribution in [-0.4, -0.2) is 134 Å². The Morgan fingerprint density at radius 1 is 0.785 bits per heavy atom. The molecule has 0 spiro atoms. The highest BCUT2D eigenvalue weighted by atomic mass is 16.6. The molecule has 0 bridgehead atoms. The highest BCUT2D eigenvalue weighted by Crippen LogP contribution is 2.15. The quantitative estimate of drug-likeness (QED) is 0.0180. The van der Waals surface area contributed by atoms with Gasteiger partial charge in [0.05, 0.1) is 6.33 Å². The van der Waals surface area contributed by atoms with Crippen LogP contribution >= 0.6 is 0 Å². The monoisotopic (exact) mass is 927 g/mol. The predicted molar refractivity (Wildman–Crippen MR) is 238 cm³/mol. The van der Waals surface area contributed by atoms with Crippen molar-refractivity contribution in [2.75, 3.05) is 13.1 Å². The zero-order chi connectivity index (χ0) is 50.4. The van der Waals surface area contributed by atoms with Crippen LogP contribution in [0.15, 0.2) is 41.8 Å². The lowest BCUT2D eigenvalue weighted by atomic mass is 10.0. The van der Waals surface area contributed by atoms with E-state index in [0.29, 0.717) is 31.6 Å². The van der Waals surface area contributed by atoms with E-state index in [4.69, 9.17) is 71.0 Å². The molecule has 0 unspecified atom stereocenters. The van der Waals surface area contributed by atoms with Gasteiger partial charge in [0, 0.05) is 24.9 Å². The SMILES string of the molecule is CC(C)[C@H](N)C(=O)O.CC[C@H](C)[C@H](N)C(=O)OC(=O)[C@@H](N)CCCN=C(N)N.C[C@@H](N)C(=O)O.N[C@@H](Cc1ccc(OC(=O)[C@@H](N)Cc2cnc[nH]2)cc1)C(=O)O.O=C(O)[C@@H]1CCCN1. The number of rotatable bonds is 19. The first kappa shape index (κ1) is 61.0. The molecule has 368 valence electrons. The van der Waals surface area contributed by atoms with Crippen molar-refractivity contribution < 1.29 is 63.5 Å². The minimum atomic E-state index is -1.06. The number of benzene rings is 1. The third kappa shape index (κ3) is 29.1. The second-order valence-corrected chi connectivity index (χ2v) is 15.0. The molecule has 8 atom stereocenters. The van der Waals surface area contributed by atoms with Gasteiger partial charge in [0.15, 0.2) is 5.96 Å². The van der Waals surface area contributed by atoms with E-state index in [1.165, 1.54) is 13.3 Å². The van der Waals surface area contributed by atoms with Crippen LogP contribution in [0.5, 0.6) is 5.75 Å². The highest BCUT2D eigenvalue weighted by molar-refractivity contribution is 5.90. The standard InChI is InChI=1S/C15H18N4O4.C12H25N5O3.C5H9NO2.C5H11NO2.C3H7NO2/c16-12(14(20)21)5-9-1-3-11(4-2-9)23-15(22)13(17)6-10-7-18-8-19-10;1-3-7(2)9(14)11(19)20-10(18)8(13)5-4-6-17-12(15)16;7-5(8)4-2-1-3-6-4;1-3(2)4(6)5(7)8;1-2(4)3(5)6/h1-4,7-8,12-13H,5-6,16-17H2,(H,18,19)(H,20,21);7-9H,3-6,13-14H2,1-2H3,(H4,15,16,17);4,6H,1-3H2,(H,7,8);3-4H,6H2,1-2H3,(H,7,8);2H,4H2,1H3,(H,5,6)/t12-,13-;7-,8-,9-;2*4-;2-/m00001/s1. The summed E-state index contributed by atoms with van der Waals surface area (Å²) in [6.45, 7) is 9.90. The van der Waals surface area contributed by atoms with Crippen LogP contribution in [0.4, 0.5) is 0 Å². The molecule has 0 saturated carbocycles. The molecule has 65 heavy (non-hydrogen) atoms. The summed E-state index contributed by atoms with van der Waals surface area (Å²) in [5.74, 6) is -5.49. The van der Waals surface area contributed by atoms with E-state index in [-0.39, 0.29) is 30.3 Å². The Labute approximate surface area is 377 Å². The first-order valence-corrected chi connectivity index (χ1v) is 20.5. The summed E-state index contributed by atoms with van der Waals surface area (Å²) >= 11 is 0. The van der Waals surface area contributed by atoms with E-state index >= 15 is 0 Å². The number of esters is 3. The van der Waals surface area contributed by atoms with Crippen molar-refractivity contribution in [3.8, 4) is 5.75 Å². The van der Waals surface area contributed by atoms with Crippen molar-refractivity contribution in [1.29, 1.82) is 0 Å². The third-order valence-corrected chi connectivity index (χ3v) is 8.96. The third-order valence-electron chi connectivity index (χ3n) is 8.96. The Balaban J connectivity index is 0. The number of ether oxygens (including phenoxy) is 2. The Bertz CT molecular complexity index is 1740. The topological polar surface area (TPSA) is 480 Å². The summed E-state index contributed by atoms with van der Waals surface area (Å²) in [5, 5.41) is 36.1. The lowest BCUT2D eigenvalue weighted by molar-refractivity contribution is -0.162. The molecule has 1 saturated heterocycles.